The fourth-order valence-electron chi connectivity index (χ4n) is 1.28. The summed E-state index contributed by atoms with van der Waals surface area (Å²) in [5, 5.41) is 17.4. The summed E-state index contributed by atoms with van der Waals surface area (Å²) in [6.45, 7) is -0.575. The van der Waals surface area contributed by atoms with Crippen LogP contribution in [0.2, 0.25) is 0 Å². The second-order valence-electron chi connectivity index (χ2n) is 3.36. The molecule has 0 aliphatic rings. The van der Waals surface area contributed by atoms with Gasteiger partial charge in [-0.2, -0.15) is 0 Å². The van der Waals surface area contributed by atoms with Crippen molar-refractivity contribution in [3.8, 4) is 0 Å². The number of non-ortho nitro benzene ring substituents is 1. The number of carboxylic acids is 1. The molecule has 0 heterocycles. The van der Waals surface area contributed by atoms with E-state index in [-0.39, 0.29) is 10.6 Å². The third kappa shape index (κ3) is 2.63. The lowest BCUT2D eigenvalue weighted by Gasteiger charge is -2.10. The van der Waals surface area contributed by atoms with Crippen LogP contribution in [0, 0.1) is 10.1 Å². The van der Waals surface area contributed by atoms with Crippen molar-refractivity contribution in [2.45, 2.75) is 10.1 Å². The lowest BCUT2D eigenvalue weighted by Crippen LogP contribution is -2.37. The van der Waals surface area contributed by atoms with Crippen molar-refractivity contribution in [1.82, 2.24) is 0 Å². The number of aliphatic carboxylic acids is 1. The van der Waals surface area contributed by atoms with Gasteiger partial charge in [0.15, 0.2) is 15.1 Å². The molecule has 0 aromatic heterocycles. The van der Waals surface area contributed by atoms with Crippen molar-refractivity contribution in [2.24, 2.45) is 5.73 Å². The molecule has 0 saturated heterocycles. The number of nitrogens with two attached hydrogens (primary N) is 1. The van der Waals surface area contributed by atoms with Crippen LogP contribution in [-0.4, -0.2) is 36.2 Å². The van der Waals surface area contributed by atoms with Crippen LogP contribution in [0.3, 0.4) is 0 Å². The molecule has 1 rings (SSSR count). The summed E-state index contributed by atoms with van der Waals surface area (Å²) in [6, 6.07) is 3.95. The van der Waals surface area contributed by atoms with Gasteiger partial charge in [-0.1, -0.05) is 0 Å². The van der Waals surface area contributed by atoms with Gasteiger partial charge < -0.3 is 10.8 Å². The van der Waals surface area contributed by atoms with E-state index in [9.17, 15) is 23.3 Å². The molecule has 9 heteroatoms. The summed E-state index contributed by atoms with van der Waals surface area (Å²) in [5.41, 5.74) is 4.82. The Kier molecular flexibility index (Phi) is 3.99. The summed E-state index contributed by atoms with van der Waals surface area (Å²) >= 11 is 0. The number of nitro groups is 1. The molecule has 1 unspecified atom stereocenters. The van der Waals surface area contributed by atoms with E-state index in [1.165, 1.54) is 0 Å². The Labute approximate surface area is 102 Å². The molecule has 0 radical (unpaired) electrons. The molecule has 1 atom stereocenters. The van der Waals surface area contributed by atoms with Crippen LogP contribution in [0.15, 0.2) is 29.2 Å². The Balaban J connectivity index is 3.20. The summed E-state index contributed by atoms with van der Waals surface area (Å²) in [5.74, 6) is -1.56. The molecule has 0 aliphatic heterocycles. The number of hydrogen-bond donors (Lipinski definition) is 2. The standard InChI is InChI=1S/C9H10N2O6S/c10-5-8(9(12)13)18(16,17)7-3-1-6(2-4-7)11(14)15/h1-4,8H,5,10H2,(H,12,13). The van der Waals surface area contributed by atoms with Gasteiger partial charge in [0.2, 0.25) is 0 Å². The monoisotopic (exact) mass is 274 g/mol. The number of carbonyl (C=O) groups is 1. The second kappa shape index (κ2) is 5.10. The van der Waals surface area contributed by atoms with Gasteiger partial charge in [0.05, 0.1) is 9.82 Å². The second-order valence-corrected chi connectivity index (χ2v) is 5.49. The van der Waals surface area contributed by atoms with Gasteiger partial charge in [-0.05, 0) is 12.1 Å². The van der Waals surface area contributed by atoms with E-state index in [1.807, 2.05) is 0 Å². The van der Waals surface area contributed by atoms with Crippen molar-refractivity contribution >= 4 is 21.5 Å². The van der Waals surface area contributed by atoms with Crippen LogP contribution in [-0.2, 0) is 14.6 Å². The lowest BCUT2D eigenvalue weighted by molar-refractivity contribution is -0.384. The molecule has 0 amide bonds. The molecular formula is C9H10N2O6S. The highest BCUT2D eigenvalue weighted by molar-refractivity contribution is 7.92. The molecule has 0 saturated carbocycles. The average molecular weight is 274 g/mol. The summed E-state index contributed by atoms with van der Waals surface area (Å²) in [4.78, 5) is 20.2. The Morgan fingerprint density at radius 3 is 2.22 bits per heavy atom. The highest BCUT2D eigenvalue weighted by Gasteiger charge is 2.32. The number of sulfone groups is 1. The van der Waals surface area contributed by atoms with Gasteiger partial charge >= 0.3 is 5.97 Å². The van der Waals surface area contributed by atoms with E-state index in [0.29, 0.717) is 0 Å². The zero-order valence-corrected chi connectivity index (χ0v) is 9.83. The first-order valence-corrected chi connectivity index (χ1v) is 6.26. The maximum absolute atomic E-state index is 11.9. The average Bonchev–Trinajstić information content (AvgIpc) is 2.29. The van der Waals surface area contributed by atoms with Crippen LogP contribution in [0.4, 0.5) is 5.69 Å². The smallest absolute Gasteiger partial charge is 0.323 e. The van der Waals surface area contributed by atoms with Crippen molar-refractivity contribution in [3.63, 3.8) is 0 Å². The number of rotatable bonds is 5. The third-order valence-corrected chi connectivity index (χ3v) is 4.31. The van der Waals surface area contributed by atoms with Crippen LogP contribution in [0.1, 0.15) is 0 Å². The van der Waals surface area contributed by atoms with Crippen LogP contribution in [0.25, 0.3) is 0 Å². The SMILES string of the molecule is NCC(C(=O)O)S(=O)(=O)c1ccc([N+](=O)[O-])cc1. The normalized spacial score (nSPS) is 12.9. The summed E-state index contributed by atoms with van der Waals surface area (Å²) in [7, 11) is -4.14. The molecule has 8 nitrogen and oxygen atoms in total. The highest BCUT2D eigenvalue weighted by Crippen LogP contribution is 2.19. The minimum absolute atomic E-state index is 0.284. The molecule has 1 aromatic rings. The van der Waals surface area contributed by atoms with Crippen molar-refractivity contribution < 1.29 is 23.2 Å². The molecule has 1 aromatic carbocycles. The minimum Gasteiger partial charge on any atom is -0.480 e. The van der Waals surface area contributed by atoms with E-state index in [0.717, 1.165) is 24.3 Å². The first-order valence-electron chi connectivity index (χ1n) is 4.72. The molecule has 98 valence electrons. The van der Waals surface area contributed by atoms with Crippen molar-refractivity contribution in [1.29, 1.82) is 0 Å². The number of nitrogens with zero attached hydrogens (tertiary/aromatic N) is 1. The zero-order chi connectivity index (χ0) is 13.9. The summed E-state index contributed by atoms with van der Waals surface area (Å²) < 4.78 is 23.7. The first-order chi connectivity index (χ1) is 8.30. The van der Waals surface area contributed by atoms with E-state index in [1.54, 1.807) is 0 Å². The molecule has 18 heavy (non-hydrogen) atoms. The summed E-state index contributed by atoms with van der Waals surface area (Å²) in [6.07, 6.45) is 0. The van der Waals surface area contributed by atoms with Crippen LogP contribution >= 0.6 is 0 Å². The van der Waals surface area contributed by atoms with E-state index < -0.39 is 32.5 Å². The molecule has 0 spiro atoms. The maximum Gasteiger partial charge on any atom is 0.323 e. The van der Waals surface area contributed by atoms with Gasteiger partial charge in [-0.25, -0.2) is 8.42 Å². The molecule has 0 bridgehead atoms. The highest BCUT2D eigenvalue weighted by atomic mass is 32.2. The van der Waals surface area contributed by atoms with E-state index in [2.05, 4.69) is 0 Å². The quantitative estimate of drug-likeness (QED) is 0.558. The molecule has 0 aliphatic carbocycles. The van der Waals surface area contributed by atoms with Crippen LogP contribution in [0.5, 0.6) is 0 Å². The Morgan fingerprint density at radius 1 is 1.39 bits per heavy atom. The number of carboxylic acid groups (broad SMARTS) is 1. The topological polar surface area (TPSA) is 141 Å². The first kappa shape index (κ1) is 14.1. The van der Waals surface area contributed by atoms with E-state index in [4.69, 9.17) is 10.8 Å². The lowest BCUT2D eigenvalue weighted by atomic mass is 10.3. The predicted octanol–water partition coefficient (Wildman–Crippen LogP) is -0.220. The van der Waals surface area contributed by atoms with Crippen molar-refractivity contribution in [3.05, 3.63) is 34.4 Å². The minimum atomic E-state index is -4.14. The predicted molar refractivity (Wildman–Crippen MR) is 60.8 cm³/mol. The van der Waals surface area contributed by atoms with Gasteiger partial charge in [0, 0.05) is 18.7 Å². The molecular weight excluding hydrogens is 264 g/mol. The Bertz CT molecular complexity index is 565. The fourth-order valence-corrected chi connectivity index (χ4v) is 2.64. The Morgan fingerprint density at radius 2 is 1.89 bits per heavy atom. The number of hydrogen-bond acceptors (Lipinski definition) is 6. The zero-order valence-electron chi connectivity index (χ0n) is 9.02. The van der Waals surface area contributed by atoms with Crippen LogP contribution < -0.4 is 5.73 Å². The third-order valence-electron chi connectivity index (χ3n) is 2.24. The fraction of sp³-hybridized carbons (Fsp3) is 0.222. The van der Waals surface area contributed by atoms with Gasteiger partial charge in [0.25, 0.3) is 5.69 Å². The number of benzene rings is 1. The largest absolute Gasteiger partial charge is 0.480 e. The Hall–Kier alpha value is -2.00. The van der Waals surface area contributed by atoms with Gasteiger partial charge in [0.1, 0.15) is 0 Å². The maximum atomic E-state index is 11.9. The van der Waals surface area contributed by atoms with Gasteiger partial charge in [-0.15, -0.1) is 0 Å². The molecule has 3 N–H and O–H groups in total. The van der Waals surface area contributed by atoms with Crippen molar-refractivity contribution in [2.75, 3.05) is 6.54 Å². The molecule has 0 fully saturated rings. The van der Waals surface area contributed by atoms with E-state index >= 15 is 0 Å². The number of nitro benzene ring substituents is 1. The van der Waals surface area contributed by atoms with Gasteiger partial charge in [-0.3, -0.25) is 14.9 Å².